The van der Waals surface area contributed by atoms with E-state index in [1.807, 2.05) is 13.8 Å². The number of ether oxygens (including phenoxy) is 1. The molecule has 1 heterocycles. The molecule has 0 aliphatic rings. The van der Waals surface area contributed by atoms with Gasteiger partial charge in [-0.05, 0) is 18.1 Å². The number of hydrogen-bond acceptors (Lipinski definition) is 3. The minimum absolute atomic E-state index is 0.169. The summed E-state index contributed by atoms with van der Waals surface area (Å²) in [6, 6.07) is 6.06. The predicted molar refractivity (Wildman–Crippen MR) is 68.6 cm³/mol. The fraction of sp³-hybridized carbons (Fsp3) is 0.286. The largest absolute Gasteiger partial charge is 0.492 e. The Labute approximate surface area is 109 Å². The third-order valence-corrected chi connectivity index (χ3v) is 2.51. The third kappa shape index (κ3) is 2.76. The van der Waals surface area contributed by atoms with Gasteiger partial charge in [0.1, 0.15) is 11.3 Å². The highest BCUT2D eigenvalue weighted by Gasteiger charge is 2.17. The molecule has 19 heavy (non-hydrogen) atoms. The number of rotatable bonds is 4. The Balaban J connectivity index is 2.56. The minimum atomic E-state index is -1.23. The van der Waals surface area contributed by atoms with Crippen LogP contribution in [0.15, 0.2) is 28.7 Å². The van der Waals surface area contributed by atoms with E-state index in [0.717, 1.165) is 6.07 Å². The van der Waals surface area contributed by atoms with E-state index in [-0.39, 0.29) is 16.8 Å². The lowest BCUT2D eigenvalue weighted by atomic mass is 10.2. The molecule has 0 bridgehead atoms. The average Bonchev–Trinajstić information content (AvgIpc) is 2.35. The van der Waals surface area contributed by atoms with Gasteiger partial charge >= 0.3 is 11.4 Å². The lowest BCUT2D eigenvalue weighted by molar-refractivity contribution is 0.0662. The second kappa shape index (κ2) is 5.14. The van der Waals surface area contributed by atoms with Gasteiger partial charge < -0.3 is 14.3 Å². The number of fused-ring (bicyclic) bond motifs is 1. The fourth-order valence-corrected chi connectivity index (χ4v) is 1.67. The summed E-state index contributed by atoms with van der Waals surface area (Å²) in [7, 11) is 0. The van der Waals surface area contributed by atoms with E-state index >= 15 is 0 Å². The molecular weight excluding hydrogens is 248 g/mol. The summed E-state index contributed by atoms with van der Waals surface area (Å²) in [6.07, 6.45) is 0. The SMILES string of the molecule is CC(C)COc1cccc2oc(C(=O)O)cc(=[OH+])c12. The molecule has 0 fully saturated rings. The zero-order valence-corrected chi connectivity index (χ0v) is 10.7. The lowest BCUT2D eigenvalue weighted by Gasteiger charge is -2.09. The Bertz CT molecular complexity index is 669. The maximum absolute atomic E-state index is 10.9. The van der Waals surface area contributed by atoms with Crippen LogP contribution >= 0.6 is 0 Å². The van der Waals surface area contributed by atoms with Crippen LogP contribution in [-0.4, -0.2) is 22.5 Å². The summed E-state index contributed by atoms with van der Waals surface area (Å²) in [5.41, 5.74) is 0.108. The summed E-state index contributed by atoms with van der Waals surface area (Å²) in [5, 5.41) is 9.26. The molecule has 5 nitrogen and oxygen atoms in total. The number of carboxylic acid groups (broad SMARTS) is 1. The zero-order valence-electron chi connectivity index (χ0n) is 10.7. The number of benzene rings is 1. The van der Waals surface area contributed by atoms with Crippen LogP contribution in [0, 0.1) is 5.92 Å². The highest BCUT2D eigenvalue weighted by molar-refractivity contribution is 5.89. The highest BCUT2D eigenvalue weighted by atomic mass is 16.5. The van der Waals surface area contributed by atoms with Gasteiger partial charge in [-0.1, -0.05) is 19.9 Å². The van der Waals surface area contributed by atoms with E-state index in [1.165, 1.54) is 0 Å². The van der Waals surface area contributed by atoms with Crippen molar-refractivity contribution < 1.29 is 23.8 Å². The van der Waals surface area contributed by atoms with Gasteiger partial charge in [0.05, 0.1) is 12.7 Å². The van der Waals surface area contributed by atoms with Gasteiger partial charge in [0.15, 0.2) is 5.39 Å². The van der Waals surface area contributed by atoms with Crippen LogP contribution in [-0.2, 0) is 0 Å². The van der Waals surface area contributed by atoms with Gasteiger partial charge in [-0.25, -0.2) is 4.79 Å². The van der Waals surface area contributed by atoms with Crippen molar-refractivity contribution in [3.63, 3.8) is 0 Å². The molecule has 0 aliphatic heterocycles. The normalized spacial score (nSPS) is 10.9. The first kappa shape index (κ1) is 13.1. The molecule has 0 saturated carbocycles. The average molecular weight is 263 g/mol. The Morgan fingerprint density at radius 2 is 2.21 bits per heavy atom. The molecule has 1 aromatic carbocycles. The molecule has 0 saturated heterocycles. The summed E-state index contributed by atoms with van der Waals surface area (Å²) >= 11 is 0. The quantitative estimate of drug-likeness (QED) is 0.857. The Kier molecular flexibility index (Phi) is 3.55. The first-order valence-corrected chi connectivity index (χ1v) is 5.94. The van der Waals surface area contributed by atoms with Gasteiger partial charge in [-0.2, -0.15) is 0 Å². The molecule has 0 spiro atoms. The second-order valence-electron chi connectivity index (χ2n) is 4.64. The maximum Gasteiger partial charge on any atom is 0.372 e. The van der Waals surface area contributed by atoms with Gasteiger partial charge in [-0.3, -0.25) is 4.79 Å². The van der Waals surface area contributed by atoms with Crippen molar-refractivity contribution in [1.82, 2.24) is 0 Å². The summed E-state index contributed by atoms with van der Waals surface area (Å²) in [5.74, 6) is -0.728. The minimum Gasteiger partial charge on any atom is -0.492 e. The van der Waals surface area contributed by atoms with Crippen molar-refractivity contribution in [3.8, 4) is 5.75 Å². The van der Waals surface area contributed by atoms with E-state index in [2.05, 4.69) is 0 Å². The topological polar surface area (TPSA) is 81.1 Å². The summed E-state index contributed by atoms with van der Waals surface area (Å²) in [6.45, 7) is 4.52. The van der Waals surface area contributed by atoms with Crippen molar-refractivity contribution in [2.75, 3.05) is 6.61 Å². The Morgan fingerprint density at radius 3 is 2.84 bits per heavy atom. The molecule has 0 radical (unpaired) electrons. The number of hydrogen-bond donors (Lipinski definition) is 1. The number of carboxylic acids is 1. The third-order valence-electron chi connectivity index (χ3n) is 2.51. The van der Waals surface area contributed by atoms with Crippen LogP contribution in [0.4, 0.5) is 0 Å². The van der Waals surface area contributed by atoms with E-state index in [0.29, 0.717) is 23.7 Å². The van der Waals surface area contributed by atoms with Crippen molar-refractivity contribution in [1.29, 1.82) is 0 Å². The summed E-state index contributed by atoms with van der Waals surface area (Å²) in [4.78, 5) is 20.8. The van der Waals surface area contributed by atoms with Crippen molar-refractivity contribution in [2.45, 2.75) is 13.8 Å². The molecule has 2 rings (SSSR count). The molecule has 2 aromatic rings. The molecule has 0 unspecified atom stereocenters. The van der Waals surface area contributed by atoms with E-state index in [9.17, 15) is 9.59 Å². The van der Waals surface area contributed by atoms with Crippen molar-refractivity contribution in [3.05, 3.63) is 35.5 Å². The zero-order chi connectivity index (χ0) is 14.0. The molecule has 0 amide bonds. The molecular formula is C14H15O5+. The monoisotopic (exact) mass is 263 g/mol. The van der Waals surface area contributed by atoms with Crippen LogP contribution < -0.4 is 10.2 Å². The molecule has 0 aliphatic carbocycles. The lowest BCUT2D eigenvalue weighted by Crippen LogP contribution is -2.11. The predicted octanol–water partition coefficient (Wildman–Crippen LogP) is 2.17. The smallest absolute Gasteiger partial charge is 0.372 e. The van der Waals surface area contributed by atoms with Crippen LogP contribution in [0.3, 0.4) is 0 Å². The van der Waals surface area contributed by atoms with Gasteiger partial charge in [0, 0.05) is 0 Å². The van der Waals surface area contributed by atoms with Crippen LogP contribution in [0.1, 0.15) is 24.4 Å². The molecule has 0 atom stereocenters. The summed E-state index contributed by atoms with van der Waals surface area (Å²) < 4.78 is 10.8. The van der Waals surface area contributed by atoms with Gasteiger partial charge in [0.2, 0.25) is 5.76 Å². The fourth-order valence-electron chi connectivity index (χ4n) is 1.67. The Hall–Kier alpha value is -2.30. The van der Waals surface area contributed by atoms with Gasteiger partial charge in [-0.15, -0.1) is 0 Å². The van der Waals surface area contributed by atoms with Crippen molar-refractivity contribution >= 4 is 16.9 Å². The van der Waals surface area contributed by atoms with E-state index < -0.39 is 5.97 Å². The van der Waals surface area contributed by atoms with Gasteiger partial charge in [0.25, 0.3) is 0 Å². The maximum atomic E-state index is 10.9. The Morgan fingerprint density at radius 1 is 1.47 bits per heavy atom. The first-order valence-electron chi connectivity index (χ1n) is 5.94. The van der Waals surface area contributed by atoms with Crippen LogP contribution in [0.5, 0.6) is 5.75 Å². The van der Waals surface area contributed by atoms with Crippen LogP contribution in [0.2, 0.25) is 0 Å². The van der Waals surface area contributed by atoms with E-state index in [1.54, 1.807) is 18.2 Å². The number of carbonyl (C=O) groups is 1. The molecule has 1 aromatic heterocycles. The molecule has 5 heteroatoms. The second-order valence-corrected chi connectivity index (χ2v) is 4.64. The van der Waals surface area contributed by atoms with Crippen molar-refractivity contribution in [2.24, 2.45) is 5.92 Å². The molecule has 2 N–H and O–H groups in total. The standard InChI is InChI=1S/C14H14O5/c1-8(2)7-18-10-4-3-5-11-13(10)9(15)6-12(19-11)14(16)17/h3-6,8H,7H2,1-2H3,(H,16,17)/p+1. The number of aromatic carboxylic acids is 1. The van der Waals surface area contributed by atoms with E-state index in [4.69, 9.17) is 14.3 Å². The first-order chi connectivity index (χ1) is 8.99. The van der Waals surface area contributed by atoms with Crippen LogP contribution in [0.25, 0.3) is 11.0 Å². The molecule has 100 valence electrons. The highest BCUT2D eigenvalue weighted by Crippen LogP contribution is 2.23.